The first-order valence-electron chi connectivity index (χ1n) is 7.14. The molecule has 0 aliphatic heterocycles. The van der Waals surface area contributed by atoms with Crippen molar-refractivity contribution in [3.05, 3.63) is 35.6 Å². The van der Waals surface area contributed by atoms with E-state index in [1.807, 2.05) is 0 Å². The summed E-state index contributed by atoms with van der Waals surface area (Å²) in [5, 5.41) is 9.21. The molecule has 21 heavy (non-hydrogen) atoms. The molecule has 4 nitrogen and oxygen atoms in total. The molecular weight excluding hydrogens is 291 g/mol. The Morgan fingerprint density at radius 3 is 2.67 bits per heavy atom. The molecule has 0 aromatic heterocycles. The molecule has 0 amide bonds. The summed E-state index contributed by atoms with van der Waals surface area (Å²) in [6, 6.07) is 6.87. The van der Waals surface area contributed by atoms with Crippen molar-refractivity contribution >= 4 is 10.0 Å². The molecule has 0 heterocycles. The minimum absolute atomic E-state index is 0.0750. The maximum atomic E-state index is 13.1. The molecule has 1 N–H and O–H groups in total. The highest BCUT2D eigenvalue weighted by atomic mass is 32.2. The van der Waals surface area contributed by atoms with E-state index >= 15 is 0 Å². The standard InChI is InChI=1S/C15H19FN2O2S/c16-14-8-4-5-12(9-14)11-21(19,20)18-15(10-17)13-6-2-1-3-7-13/h4-5,8-9,13,15,18H,1-3,6-7,11H2/t15-/m0/s1. The fourth-order valence-corrected chi connectivity index (χ4v) is 4.11. The number of halogens is 1. The van der Waals surface area contributed by atoms with Crippen LogP contribution < -0.4 is 4.72 Å². The normalized spacial score (nSPS) is 18.1. The van der Waals surface area contributed by atoms with Crippen LogP contribution in [0.3, 0.4) is 0 Å². The molecule has 1 saturated carbocycles. The third kappa shape index (κ3) is 4.80. The van der Waals surface area contributed by atoms with Gasteiger partial charge >= 0.3 is 0 Å². The summed E-state index contributed by atoms with van der Waals surface area (Å²) in [5.41, 5.74) is 0.378. The smallest absolute Gasteiger partial charge is 0.212 e. The Bertz CT molecular complexity index is 619. The predicted molar refractivity (Wildman–Crippen MR) is 78.1 cm³/mol. The van der Waals surface area contributed by atoms with Crippen LogP contribution in [0.5, 0.6) is 0 Å². The van der Waals surface area contributed by atoms with E-state index in [2.05, 4.69) is 10.8 Å². The Hall–Kier alpha value is -1.45. The molecule has 1 fully saturated rings. The molecule has 0 radical (unpaired) electrons. The fourth-order valence-electron chi connectivity index (χ4n) is 2.78. The minimum Gasteiger partial charge on any atom is -0.212 e. The van der Waals surface area contributed by atoms with Crippen LogP contribution in [-0.2, 0) is 15.8 Å². The quantitative estimate of drug-likeness (QED) is 0.909. The Labute approximate surface area is 125 Å². The lowest BCUT2D eigenvalue weighted by Crippen LogP contribution is -2.40. The van der Waals surface area contributed by atoms with Crippen LogP contribution in [0.4, 0.5) is 4.39 Å². The van der Waals surface area contributed by atoms with Gasteiger partial charge in [-0.3, -0.25) is 0 Å². The number of hydrogen-bond acceptors (Lipinski definition) is 3. The highest BCUT2D eigenvalue weighted by molar-refractivity contribution is 7.88. The average molecular weight is 310 g/mol. The number of nitriles is 1. The molecule has 0 spiro atoms. The van der Waals surface area contributed by atoms with Gasteiger partial charge in [-0.05, 0) is 36.5 Å². The zero-order chi connectivity index (χ0) is 15.3. The van der Waals surface area contributed by atoms with Gasteiger partial charge in [0.05, 0.1) is 11.8 Å². The lowest BCUT2D eigenvalue weighted by Gasteiger charge is -2.26. The van der Waals surface area contributed by atoms with Gasteiger partial charge in [0.25, 0.3) is 0 Å². The van der Waals surface area contributed by atoms with Crippen molar-refractivity contribution in [1.29, 1.82) is 5.26 Å². The largest absolute Gasteiger partial charge is 0.216 e. The maximum Gasteiger partial charge on any atom is 0.216 e. The number of hydrogen-bond donors (Lipinski definition) is 1. The second-order valence-electron chi connectivity index (χ2n) is 5.51. The highest BCUT2D eigenvalue weighted by Gasteiger charge is 2.27. The highest BCUT2D eigenvalue weighted by Crippen LogP contribution is 2.26. The van der Waals surface area contributed by atoms with Gasteiger partial charge in [0.2, 0.25) is 10.0 Å². The van der Waals surface area contributed by atoms with Gasteiger partial charge in [0.15, 0.2) is 0 Å². The van der Waals surface area contributed by atoms with Crippen molar-refractivity contribution in [2.45, 2.75) is 43.9 Å². The van der Waals surface area contributed by atoms with Crippen molar-refractivity contribution in [2.75, 3.05) is 0 Å². The molecule has 6 heteroatoms. The first-order valence-corrected chi connectivity index (χ1v) is 8.79. The van der Waals surface area contributed by atoms with E-state index in [0.29, 0.717) is 5.56 Å². The Morgan fingerprint density at radius 1 is 1.33 bits per heavy atom. The van der Waals surface area contributed by atoms with Crippen LogP contribution in [0.25, 0.3) is 0 Å². The molecule has 1 atom stereocenters. The molecule has 114 valence electrons. The van der Waals surface area contributed by atoms with Crippen LogP contribution >= 0.6 is 0 Å². The summed E-state index contributed by atoms with van der Waals surface area (Å²) < 4.78 is 39.8. The monoisotopic (exact) mass is 310 g/mol. The maximum absolute atomic E-state index is 13.1. The van der Waals surface area contributed by atoms with Crippen LogP contribution in [0, 0.1) is 23.1 Å². The summed E-state index contributed by atoms with van der Waals surface area (Å²) >= 11 is 0. The van der Waals surface area contributed by atoms with E-state index in [9.17, 15) is 18.1 Å². The molecule has 1 aliphatic carbocycles. The molecule has 2 rings (SSSR count). The van der Waals surface area contributed by atoms with Gasteiger partial charge in [-0.1, -0.05) is 31.4 Å². The first kappa shape index (κ1) is 15.9. The van der Waals surface area contributed by atoms with Gasteiger partial charge in [0.1, 0.15) is 11.9 Å². The summed E-state index contributed by atoms with van der Waals surface area (Å²) in [4.78, 5) is 0. The Kier molecular flexibility index (Phi) is 5.32. The lowest BCUT2D eigenvalue weighted by molar-refractivity contribution is 0.323. The summed E-state index contributed by atoms with van der Waals surface area (Å²) in [6.45, 7) is 0. The van der Waals surface area contributed by atoms with Crippen LogP contribution in [0.15, 0.2) is 24.3 Å². The third-order valence-electron chi connectivity index (χ3n) is 3.81. The van der Waals surface area contributed by atoms with E-state index in [1.54, 1.807) is 6.07 Å². The van der Waals surface area contributed by atoms with Gasteiger partial charge in [-0.25, -0.2) is 12.8 Å². The van der Waals surface area contributed by atoms with Gasteiger partial charge < -0.3 is 0 Å². The number of nitrogens with one attached hydrogen (secondary N) is 1. The lowest BCUT2D eigenvalue weighted by atomic mass is 9.85. The zero-order valence-corrected chi connectivity index (χ0v) is 12.6. The topological polar surface area (TPSA) is 70.0 Å². The van der Waals surface area contributed by atoms with Crippen LogP contribution in [-0.4, -0.2) is 14.5 Å². The average Bonchev–Trinajstić information content (AvgIpc) is 2.45. The van der Waals surface area contributed by atoms with E-state index in [-0.39, 0.29) is 11.7 Å². The SMILES string of the molecule is N#C[C@H](NS(=O)(=O)Cc1cccc(F)c1)C1CCCCC1. The molecule has 1 aromatic rings. The molecule has 0 saturated heterocycles. The van der Waals surface area contributed by atoms with E-state index in [0.717, 1.165) is 32.1 Å². The molecular formula is C15H19FN2O2S. The van der Waals surface area contributed by atoms with Crippen molar-refractivity contribution in [3.8, 4) is 6.07 Å². The van der Waals surface area contributed by atoms with E-state index in [4.69, 9.17) is 0 Å². The zero-order valence-electron chi connectivity index (χ0n) is 11.8. The second-order valence-corrected chi connectivity index (χ2v) is 7.27. The van der Waals surface area contributed by atoms with Crippen molar-refractivity contribution in [1.82, 2.24) is 4.72 Å². The van der Waals surface area contributed by atoms with E-state index in [1.165, 1.54) is 18.2 Å². The van der Waals surface area contributed by atoms with Crippen molar-refractivity contribution in [3.63, 3.8) is 0 Å². The first-order chi connectivity index (χ1) is 10.00. The molecule has 0 unspecified atom stereocenters. The third-order valence-corrected chi connectivity index (χ3v) is 5.14. The number of benzene rings is 1. The van der Waals surface area contributed by atoms with Gasteiger partial charge in [-0.2, -0.15) is 9.98 Å². The van der Waals surface area contributed by atoms with Crippen molar-refractivity contribution in [2.24, 2.45) is 5.92 Å². The van der Waals surface area contributed by atoms with Gasteiger partial charge in [0, 0.05) is 0 Å². The summed E-state index contributed by atoms with van der Waals surface area (Å²) in [6.07, 6.45) is 4.97. The second kappa shape index (κ2) is 7.01. The summed E-state index contributed by atoms with van der Waals surface area (Å²) in [5.74, 6) is -0.701. The number of sulfonamides is 1. The molecule has 0 bridgehead atoms. The summed E-state index contributed by atoms with van der Waals surface area (Å²) in [7, 11) is -3.65. The molecule has 1 aliphatic rings. The van der Waals surface area contributed by atoms with E-state index < -0.39 is 21.9 Å². The Morgan fingerprint density at radius 2 is 2.05 bits per heavy atom. The predicted octanol–water partition coefficient (Wildman–Crippen LogP) is 2.72. The van der Waals surface area contributed by atoms with Crippen LogP contribution in [0.1, 0.15) is 37.7 Å². The van der Waals surface area contributed by atoms with Crippen LogP contribution in [0.2, 0.25) is 0 Å². The Balaban J connectivity index is 2.03. The van der Waals surface area contributed by atoms with Gasteiger partial charge in [-0.15, -0.1) is 0 Å². The minimum atomic E-state index is -3.65. The number of rotatable bonds is 5. The molecule has 1 aromatic carbocycles. The fraction of sp³-hybridized carbons (Fsp3) is 0.533. The number of nitrogens with zero attached hydrogens (tertiary/aromatic N) is 1. The van der Waals surface area contributed by atoms with Crippen molar-refractivity contribution < 1.29 is 12.8 Å².